The van der Waals surface area contributed by atoms with Crippen LogP contribution in [0.5, 0.6) is 0 Å². The maximum atomic E-state index is 12.3. The maximum absolute atomic E-state index is 12.3. The van der Waals surface area contributed by atoms with Gasteiger partial charge in [0.1, 0.15) is 0 Å². The van der Waals surface area contributed by atoms with Crippen molar-refractivity contribution in [1.82, 2.24) is 19.4 Å². The average Bonchev–Trinajstić information content (AvgIpc) is 2.89. The molecule has 1 aliphatic heterocycles. The summed E-state index contributed by atoms with van der Waals surface area (Å²) >= 11 is 0. The summed E-state index contributed by atoms with van der Waals surface area (Å²) in [5.74, 6) is 0. The van der Waals surface area contributed by atoms with E-state index in [1.54, 1.807) is 30.3 Å². The van der Waals surface area contributed by atoms with Crippen molar-refractivity contribution in [2.75, 3.05) is 13.6 Å². The Bertz CT molecular complexity index is 727. The Morgan fingerprint density at radius 3 is 2.82 bits per heavy atom. The van der Waals surface area contributed by atoms with E-state index < -0.39 is 10.0 Å². The minimum atomic E-state index is -3.45. The lowest BCUT2D eigenvalue weighted by Crippen LogP contribution is -2.41. The van der Waals surface area contributed by atoms with Gasteiger partial charge in [0.05, 0.1) is 10.6 Å². The zero-order chi connectivity index (χ0) is 15.6. The molecule has 1 aromatic heterocycles. The summed E-state index contributed by atoms with van der Waals surface area (Å²) in [5.41, 5.74) is 1.16. The highest BCUT2D eigenvalue weighted by Crippen LogP contribution is 2.15. The highest BCUT2D eigenvalue weighted by atomic mass is 32.2. The van der Waals surface area contributed by atoms with Gasteiger partial charge in [0.25, 0.3) is 0 Å². The minimum absolute atomic E-state index is 0.153. The van der Waals surface area contributed by atoms with Crippen LogP contribution in [0.4, 0.5) is 0 Å². The Morgan fingerprint density at radius 2 is 2.05 bits per heavy atom. The van der Waals surface area contributed by atoms with Gasteiger partial charge >= 0.3 is 0 Å². The zero-order valence-corrected chi connectivity index (χ0v) is 13.3. The highest BCUT2D eigenvalue weighted by molar-refractivity contribution is 7.89. The van der Waals surface area contributed by atoms with Crippen molar-refractivity contribution in [2.24, 2.45) is 0 Å². The van der Waals surface area contributed by atoms with Crippen molar-refractivity contribution in [2.45, 2.75) is 30.4 Å². The maximum Gasteiger partial charge on any atom is 0.240 e. The van der Waals surface area contributed by atoms with E-state index in [9.17, 15) is 8.42 Å². The van der Waals surface area contributed by atoms with Gasteiger partial charge in [0.15, 0.2) is 0 Å². The van der Waals surface area contributed by atoms with E-state index in [0.717, 1.165) is 25.2 Å². The molecule has 2 heterocycles. The fraction of sp³-hybridized carbons (Fsp3) is 0.400. The number of fused-ring (bicyclic) bond motifs is 1. The summed E-state index contributed by atoms with van der Waals surface area (Å²) in [6, 6.07) is 10.6. The van der Waals surface area contributed by atoms with Crippen LogP contribution in [0.1, 0.15) is 12.1 Å². The van der Waals surface area contributed by atoms with Crippen LogP contribution < -0.4 is 4.72 Å². The molecule has 0 aliphatic carbocycles. The third-order valence-electron chi connectivity index (χ3n) is 4.08. The Kier molecular flexibility index (Phi) is 4.28. The molecule has 1 aliphatic rings. The first kappa shape index (κ1) is 15.2. The third kappa shape index (κ3) is 3.21. The molecule has 22 heavy (non-hydrogen) atoms. The quantitative estimate of drug-likeness (QED) is 0.915. The SMILES string of the molecule is CN1Cc2ccnn2CCC1CNS(=O)(=O)c1ccccc1. The molecule has 0 fully saturated rings. The van der Waals surface area contributed by atoms with Crippen molar-refractivity contribution in [1.29, 1.82) is 0 Å². The van der Waals surface area contributed by atoms with E-state index in [1.807, 2.05) is 24.0 Å². The molecular weight excluding hydrogens is 300 g/mol. The number of hydrogen-bond acceptors (Lipinski definition) is 4. The first-order chi connectivity index (χ1) is 10.6. The number of nitrogens with one attached hydrogen (secondary N) is 1. The van der Waals surface area contributed by atoms with Gasteiger partial charge in [-0.1, -0.05) is 18.2 Å². The number of aromatic nitrogens is 2. The molecule has 2 aromatic rings. The minimum Gasteiger partial charge on any atom is -0.296 e. The predicted octanol–water partition coefficient (Wildman–Crippen LogP) is 1.07. The highest BCUT2D eigenvalue weighted by Gasteiger charge is 2.23. The second-order valence-corrected chi connectivity index (χ2v) is 7.34. The molecule has 1 atom stereocenters. The molecule has 0 saturated carbocycles. The standard InChI is InChI=1S/C15H20N4O2S/c1-18-12-14-7-9-16-19(14)10-8-13(18)11-17-22(20,21)15-5-3-2-4-6-15/h2-7,9,13,17H,8,10-12H2,1H3. The van der Waals surface area contributed by atoms with Crippen molar-refractivity contribution in [3.05, 3.63) is 48.3 Å². The van der Waals surface area contributed by atoms with E-state index in [2.05, 4.69) is 14.7 Å². The second kappa shape index (κ2) is 6.20. The summed E-state index contributed by atoms with van der Waals surface area (Å²) in [6.45, 7) is 1.99. The number of sulfonamides is 1. The summed E-state index contributed by atoms with van der Waals surface area (Å²) in [4.78, 5) is 2.48. The van der Waals surface area contributed by atoms with Crippen LogP contribution in [0.15, 0.2) is 47.5 Å². The van der Waals surface area contributed by atoms with Crippen LogP contribution in [0, 0.1) is 0 Å². The van der Waals surface area contributed by atoms with E-state index >= 15 is 0 Å². The van der Waals surface area contributed by atoms with Gasteiger partial charge in [-0.05, 0) is 31.7 Å². The van der Waals surface area contributed by atoms with Gasteiger partial charge in [0, 0.05) is 31.9 Å². The first-order valence-electron chi connectivity index (χ1n) is 7.32. The van der Waals surface area contributed by atoms with Crippen molar-refractivity contribution >= 4 is 10.0 Å². The normalized spacial score (nSPS) is 19.6. The number of rotatable bonds is 4. The lowest BCUT2D eigenvalue weighted by molar-refractivity contribution is 0.231. The van der Waals surface area contributed by atoms with Gasteiger partial charge in [-0.2, -0.15) is 5.10 Å². The van der Waals surface area contributed by atoms with Crippen LogP contribution in [0.3, 0.4) is 0 Å². The number of nitrogens with zero attached hydrogens (tertiary/aromatic N) is 3. The topological polar surface area (TPSA) is 67.2 Å². The third-order valence-corrected chi connectivity index (χ3v) is 5.52. The number of likely N-dealkylation sites (N-methyl/N-ethyl adjacent to an activating group) is 1. The van der Waals surface area contributed by atoms with Gasteiger partial charge in [-0.15, -0.1) is 0 Å². The molecule has 0 saturated heterocycles. The molecular formula is C15H20N4O2S. The van der Waals surface area contributed by atoms with Crippen LogP contribution in [-0.2, 0) is 23.1 Å². The summed E-state index contributed by atoms with van der Waals surface area (Å²) in [7, 11) is -1.43. The van der Waals surface area contributed by atoms with E-state index in [1.165, 1.54) is 0 Å². The fourth-order valence-corrected chi connectivity index (χ4v) is 3.81. The van der Waals surface area contributed by atoms with Crippen LogP contribution in [0.25, 0.3) is 0 Å². The van der Waals surface area contributed by atoms with Gasteiger partial charge in [-0.25, -0.2) is 13.1 Å². The van der Waals surface area contributed by atoms with Crippen LogP contribution in [-0.4, -0.2) is 42.7 Å². The Hall–Kier alpha value is -1.70. The number of aryl methyl sites for hydroxylation is 1. The molecule has 0 amide bonds. The molecule has 118 valence electrons. The van der Waals surface area contributed by atoms with Crippen molar-refractivity contribution in [3.63, 3.8) is 0 Å². The monoisotopic (exact) mass is 320 g/mol. The van der Waals surface area contributed by atoms with Crippen molar-refractivity contribution in [3.8, 4) is 0 Å². The van der Waals surface area contributed by atoms with E-state index in [4.69, 9.17) is 0 Å². The predicted molar refractivity (Wildman–Crippen MR) is 83.7 cm³/mol. The lowest BCUT2D eigenvalue weighted by Gasteiger charge is -2.25. The average molecular weight is 320 g/mol. The molecule has 0 spiro atoms. The Morgan fingerprint density at radius 1 is 1.27 bits per heavy atom. The van der Waals surface area contributed by atoms with Gasteiger partial charge < -0.3 is 0 Å². The van der Waals surface area contributed by atoms with Crippen LogP contribution in [0.2, 0.25) is 0 Å². The first-order valence-corrected chi connectivity index (χ1v) is 8.80. The van der Waals surface area contributed by atoms with Gasteiger partial charge in [-0.3, -0.25) is 9.58 Å². The Balaban J connectivity index is 1.65. The second-order valence-electron chi connectivity index (χ2n) is 5.57. The molecule has 6 nitrogen and oxygen atoms in total. The van der Waals surface area contributed by atoms with E-state index in [-0.39, 0.29) is 6.04 Å². The molecule has 1 aromatic carbocycles. The molecule has 0 bridgehead atoms. The van der Waals surface area contributed by atoms with Crippen molar-refractivity contribution < 1.29 is 8.42 Å². The molecule has 1 N–H and O–H groups in total. The number of hydrogen-bond donors (Lipinski definition) is 1. The lowest BCUT2D eigenvalue weighted by atomic mass is 10.2. The van der Waals surface area contributed by atoms with E-state index in [0.29, 0.717) is 11.4 Å². The summed E-state index contributed by atoms with van der Waals surface area (Å²) in [5, 5.41) is 4.29. The molecule has 1 unspecified atom stereocenters. The van der Waals surface area contributed by atoms with Gasteiger partial charge in [0.2, 0.25) is 10.0 Å². The smallest absolute Gasteiger partial charge is 0.240 e. The number of benzene rings is 1. The molecule has 3 rings (SSSR count). The summed E-state index contributed by atoms with van der Waals surface area (Å²) in [6.07, 6.45) is 2.67. The Labute approximate surface area is 130 Å². The summed E-state index contributed by atoms with van der Waals surface area (Å²) < 4.78 is 29.3. The zero-order valence-electron chi connectivity index (χ0n) is 12.5. The molecule has 7 heteroatoms. The van der Waals surface area contributed by atoms with Crippen LogP contribution >= 0.6 is 0 Å². The fourth-order valence-electron chi connectivity index (χ4n) is 2.72. The molecule has 0 radical (unpaired) electrons. The largest absolute Gasteiger partial charge is 0.296 e.